The molecule has 1 heterocycles. The Bertz CT molecular complexity index is 330. The van der Waals surface area contributed by atoms with Gasteiger partial charge >= 0.3 is 0 Å². The van der Waals surface area contributed by atoms with Gasteiger partial charge in [-0.05, 0) is 0 Å². The van der Waals surface area contributed by atoms with Crippen LogP contribution in [0, 0.1) is 0 Å². The molecule has 0 N–H and O–H groups in total. The number of hydrogen-bond acceptors (Lipinski definition) is 2. The van der Waals surface area contributed by atoms with Crippen molar-refractivity contribution >= 4 is 16.6 Å². The number of benzene rings is 1. The quantitative estimate of drug-likeness (QED) is 0.657. The molecule has 0 amide bonds. The Morgan fingerprint density at radius 2 is 2.00 bits per heavy atom. The number of hydrogen-bond donors (Lipinski definition) is 0. The molecule has 12 heavy (non-hydrogen) atoms. The fourth-order valence-corrected chi connectivity index (χ4v) is 1.82. The third-order valence-corrected chi connectivity index (χ3v) is 2.45. The van der Waals surface area contributed by atoms with Gasteiger partial charge in [-0.3, -0.25) is 4.21 Å². The molecule has 0 radical (unpaired) electrons. The molecule has 0 spiro atoms. The van der Waals surface area contributed by atoms with Gasteiger partial charge in [0.1, 0.15) is 5.76 Å². The Morgan fingerprint density at radius 3 is 2.58 bits per heavy atom. The molecule has 1 aromatic rings. The molecule has 2 nitrogen and oxygen atoms in total. The predicted octanol–water partition coefficient (Wildman–Crippen LogP) is 1.72. The van der Waals surface area contributed by atoms with Crippen LogP contribution in [0.4, 0.5) is 0 Å². The molecular formula is C9H8O2S. The molecule has 0 aliphatic carbocycles. The smallest absolute Gasteiger partial charge is 0.167 e. The van der Waals surface area contributed by atoms with Gasteiger partial charge in [0.05, 0.1) is 10.8 Å². The molecule has 0 bridgehead atoms. The van der Waals surface area contributed by atoms with Crippen LogP contribution in [0.3, 0.4) is 0 Å². The van der Waals surface area contributed by atoms with Crippen LogP contribution < -0.4 is 0 Å². The summed E-state index contributed by atoms with van der Waals surface area (Å²) in [5.41, 5.74) is 0.989. The van der Waals surface area contributed by atoms with E-state index in [1.165, 1.54) is 0 Å². The molecule has 0 fully saturated rings. The maximum atomic E-state index is 10.9. The average molecular weight is 180 g/mol. The van der Waals surface area contributed by atoms with Gasteiger partial charge in [0.25, 0.3) is 0 Å². The van der Waals surface area contributed by atoms with Gasteiger partial charge in [0.2, 0.25) is 0 Å². The second-order valence-corrected chi connectivity index (χ2v) is 3.72. The van der Waals surface area contributed by atoms with Crippen LogP contribution in [-0.4, -0.2) is 10.1 Å². The normalized spacial score (nSPS) is 21.7. The lowest BCUT2D eigenvalue weighted by Gasteiger charge is -2.00. The van der Waals surface area contributed by atoms with Crippen molar-refractivity contribution in [1.29, 1.82) is 0 Å². The van der Waals surface area contributed by atoms with Gasteiger partial charge in [0.15, 0.2) is 5.94 Å². The van der Waals surface area contributed by atoms with Crippen LogP contribution in [0.1, 0.15) is 5.56 Å². The fraction of sp³-hybridized carbons (Fsp3) is 0.111. The van der Waals surface area contributed by atoms with Crippen molar-refractivity contribution in [2.24, 2.45) is 0 Å². The van der Waals surface area contributed by atoms with E-state index in [9.17, 15) is 4.21 Å². The lowest BCUT2D eigenvalue weighted by molar-refractivity contribution is 0.352. The molecule has 1 aromatic carbocycles. The van der Waals surface area contributed by atoms with Crippen molar-refractivity contribution in [3.63, 3.8) is 0 Å². The van der Waals surface area contributed by atoms with Crippen molar-refractivity contribution in [1.82, 2.24) is 0 Å². The minimum Gasteiger partial charge on any atom is -0.479 e. The maximum absolute atomic E-state index is 10.9. The number of rotatable bonds is 1. The molecule has 1 aliphatic heterocycles. The van der Waals surface area contributed by atoms with Crippen molar-refractivity contribution in [2.75, 3.05) is 5.94 Å². The van der Waals surface area contributed by atoms with Crippen LogP contribution in [0.25, 0.3) is 5.76 Å². The minimum atomic E-state index is -0.938. The molecule has 0 saturated carbocycles. The zero-order valence-corrected chi connectivity index (χ0v) is 7.21. The van der Waals surface area contributed by atoms with Crippen LogP contribution in [0.15, 0.2) is 35.7 Å². The second kappa shape index (κ2) is 3.11. The zero-order valence-electron chi connectivity index (χ0n) is 6.40. The van der Waals surface area contributed by atoms with Crippen molar-refractivity contribution in [2.45, 2.75) is 0 Å². The topological polar surface area (TPSA) is 26.3 Å². The van der Waals surface area contributed by atoms with E-state index >= 15 is 0 Å². The van der Waals surface area contributed by atoms with Crippen molar-refractivity contribution in [3.8, 4) is 0 Å². The third-order valence-electron chi connectivity index (χ3n) is 1.63. The summed E-state index contributed by atoms with van der Waals surface area (Å²) < 4.78 is 16.1. The van der Waals surface area contributed by atoms with E-state index in [2.05, 4.69) is 0 Å². The van der Waals surface area contributed by atoms with E-state index in [0.29, 0.717) is 5.94 Å². The van der Waals surface area contributed by atoms with E-state index in [0.717, 1.165) is 11.3 Å². The largest absolute Gasteiger partial charge is 0.479 e. The standard InChI is InChI=1S/C9H8O2S/c10-12-6-9(11-7-12)8-4-2-1-3-5-8/h1-6H,7H2. The zero-order chi connectivity index (χ0) is 8.39. The molecule has 1 atom stereocenters. The Morgan fingerprint density at radius 1 is 1.25 bits per heavy atom. The Kier molecular flexibility index (Phi) is 1.96. The Balaban J connectivity index is 2.33. The van der Waals surface area contributed by atoms with Gasteiger partial charge < -0.3 is 4.74 Å². The highest BCUT2D eigenvalue weighted by atomic mass is 32.2. The van der Waals surface area contributed by atoms with Gasteiger partial charge in [-0.2, -0.15) is 0 Å². The lowest BCUT2D eigenvalue weighted by atomic mass is 10.2. The van der Waals surface area contributed by atoms with E-state index < -0.39 is 10.8 Å². The van der Waals surface area contributed by atoms with Crippen LogP contribution >= 0.6 is 0 Å². The monoisotopic (exact) mass is 180 g/mol. The minimum absolute atomic E-state index is 0.296. The number of ether oxygens (including phenoxy) is 1. The first-order valence-corrected chi connectivity index (χ1v) is 5.02. The van der Waals surface area contributed by atoms with Gasteiger partial charge in [0, 0.05) is 11.0 Å². The molecule has 3 heteroatoms. The Hall–Kier alpha value is -1.09. The first-order chi connectivity index (χ1) is 5.86. The van der Waals surface area contributed by atoms with Crippen LogP contribution in [0.2, 0.25) is 0 Å². The fourth-order valence-electron chi connectivity index (χ4n) is 1.06. The first kappa shape index (κ1) is 7.55. The lowest BCUT2D eigenvalue weighted by Crippen LogP contribution is -1.87. The van der Waals surface area contributed by atoms with Crippen molar-refractivity contribution in [3.05, 3.63) is 41.3 Å². The van der Waals surface area contributed by atoms with E-state index in [1.54, 1.807) is 5.41 Å². The summed E-state index contributed by atoms with van der Waals surface area (Å²) in [7, 11) is -0.938. The molecule has 2 rings (SSSR count). The summed E-state index contributed by atoms with van der Waals surface area (Å²) in [5, 5.41) is 1.65. The highest BCUT2D eigenvalue weighted by Crippen LogP contribution is 2.21. The molecule has 1 aliphatic rings. The van der Waals surface area contributed by atoms with Crippen LogP contribution in [-0.2, 0) is 15.5 Å². The van der Waals surface area contributed by atoms with E-state index in [-0.39, 0.29) is 0 Å². The van der Waals surface area contributed by atoms with Crippen LogP contribution in [0.5, 0.6) is 0 Å². The van der Waals surface area contributed by atoms with Crippen molar-refractivity contribution < 1.29 is 8.95 Å². The third kappa shape index (κ3) is 1.41. The summed E-state index contributed by atoms with van der Waals surface area (Å²) in [4.78, 5) is 0. The highest BCUT2D eigenvalue weighted by Gasteiger charge is 2.12. The van der Waals surface area contributed by atoms with Gasteiger partial charge in [-0.15, -0.1) is 0 Å². The summed E-state index contributed by atoms with van der Waals surface area (Å²) in [6.07, 6.45) is 0. The first-order valence-electron chi connectivity index (χ1n) is 3.63. The average Bonchev–Trinajstić information content (AvgIpc) is 2.54. The second-order valence-electron chi connectivity index (χ2n) is 2.49. The molecule has 1 unspecified atom stereocenters. The highest BCUT2D eigenvalue weighted by molar-refractivity contribution is 7.88. The molecule has 62 valence electrons. The van der Waals surface area contributed by atoms with E-state index in [1.807, 2.05) is 30.3 Å². The van der Waals surface area contributed by atoms with E-state index in [4.69, 9.17) is 4.74 Å². The molecular weight excluding hydrogens is 172 g/mol. The molecule has 0 aromatic heterocycles. The summed E-state index contributed by atoms with van der Waals surface area (Å²) in [6, 6.07) is 9.68. The SMILES string of the molecule is O=S1C=C(c2ccccc2)OC1. The van der Waals surface area contributed by atoms with Gasteiger partial charge in [-0.1, -0.05) is 30.3 Å². The predicted molar refractivity (Wildman–Crippen MR) is 48.5 cm³/mol. The Labute approximate surface area is 73.3 Å². The summed E-state index contributed by atoms with van der Waals surface area (Å²) in [5.74, 6) is 1.03. The maximum Gasteiger partial charge on any atom is 0.167 e. The summed E-state index contributed by atoms with van der Waals surface area (Å²) in [6.45, 7) is 0. The summed E-state index contributed by atoms with van der Waals surface area (Å²) >= 11 is 0. The van der Waals surface area contributed by atoms with Gasteiger partial charge in [-0.25, -0.2) is 0 Å². The molecule has 0 saturated heterocycles.